The molecular weight excluding hydrogens is 320 g/mol. The van der Waals surface area contributed by atoms with Gasteiger partial charge in [0.2, 0.25) is 0 Å². The first kappa shape index (κ1) is 16.6. The Morgan fingerprint density at radius 1 is 1.20 bits per heavy atom. The van der Waals surface area contributed by atoms with Crippen molar-refractivity contribution in [1.82, 2.24) is 25.2 Å². The summed E-state index contributed by atoms with van der Waals surface area (Å²) in [5.41, 5.74) is 4.70. The zero-order valence-electron chi connectivity index (χ0n) is 14.4. The SMILES string of the molecule is CC(=O)c1c(C)[nH]c(C(=O)Nc2ccc(-n3cnnn3)c(C)c2)c1C. The number of carbonyl (C=O) groups excluding carboxylic acids is 2. The maximum atomic E-state index is 12.6. The van der Waals surface area contributed by atoms with Crippen LogP contribution in [-0.2, 0) is 0 Å². The van der Waals surface area contributed by atoms with E-state index in [0.29, 0.717) is 28.2 Å². The fourth-order valence-electron chi connectivity index (χ4n) is 2.96. The Morgan fingerprint density at radius 2 is 1.96 bits per heavy atom. The molecule has 8 heteroatoms. The van der Waals surface area contributed by atoms with Gasteiger partial charge in [-0.1, -0.05) is 0 Å². The lowest BCUT2D eigenvalue weighted by Gasteiger charge is -2.09. The number of hydrogen-bond donors (Lipinski definition) is 2. The number of anilines is 1. The minimum absolute atomic E-state index is 0.0630. The van der Waals surface area contributed by atoms with Gasteiger partial charge in [0.25, 0.3) is 5.91 Å². The third kappa shape index (κ3) is 3.06. The van der Waals surface area contributed by atoms with Crippen LogP contribution in [0.1, 0.15) is 44.6 Å². The Kier molecular flexibility index (Phi) is 4.18. The number of carbonyl (C=O) groups is 2. The Labute approximate surface area is 144 Å². The molecule has 0 atom stereocenters. The number of hydrogen-bond acceptors (Lipinski definition) is 5. The summed E-state index contributed by atoms with van der Waals surface area (Å²) in [6, 6.07) is 5.44. The normalized spacial score (nSPS) is 10.7. The summed E-state index contributed by atoms with van der Waals surface area (Å²) in [6.07, 6.45) is 1.51. The number of ketones is 1. The molecule has 8 nitrogen and oxygen atoms in total. The molecule has 3 aromatic rings. The number of H-pyrrole nitrogens is 1. The van der Waals surface area contributed by atoms with E-state index in [1.54, 1.807) is 24.6 Å². The molecule has 0 saturated carbocycles. The second kappa shape index (κ2) is 6.31. The molecule has 1 amide bonds. The number of aromatic amines is 1. The second-order valence-electron chi connectivity index (χ2n) is 5.89. The van der Waals surface area contributed by atoms with Crippen LogP contribution in [0.4, 0.5) is 5.69 Å². The van der Waals surface area contributed by atoms with E-state index in [-0.39, 0.29) is 11.7 Å². The molecular formula is C17H18N6O2. The van der Waals surface area contributed by atoms with Crippen LogP contribution in [0.25, 0.3) is 5.69 Å². The van der Waals surface area contributed by atoms with Gasteiger partial charge in [0.1, 0.15) is 12.0 Å². The van der Waals surface area contributed by atoms with Gasteiger partial charge in [0.05, 0.1) is 5.69 Å². The monoisotopic (exact) mass is 338 g/mol. The molecule has 0 radical (unpaired) electrons. The summed E-state index contributed by atoms with van der Waals surface area (Å²) in [5, 5.41) is 13.9. The average molecular weight is 338 g/mol. The van der Waals surface area contributed by atoms with Crippen molar-refractivity contribution in [1.29, 1.82) is 0 Å². The van der Waals surface area contributed by atoms with Crippen molar-refractivity contribution in [2.24, 2.45) is 0 Å². The molecule has 2 N–H and O–H groups in total. The Hall–Kier alpha value is -3.29. The number of rotatable bonds is 4. The third-order valence-corrected chi connectivity index (χ3v) is 4.07. The summed E-state index contributed by atoms with van der Waals surface area (Å²) >= 11 is 0. The molecule has 0 spiro atoms. The first-order valence-electron chi connectivity index (χ1n) is 7.74. The minimum Gasteiger partial charge on any atom is -0.354 e. The Morgan fingerprint density at radius 3 is 2.52 bits per heavy atom. The van der Waals surface area contributed by atoms with Crippen molar-refractivity contribution < 1.29 is 9.59 Å². The van der Waals surface area contributed by atoms with E-state index < -0.39 is 0 Å². The van der Waals surface area contributed by atoms with Crippen LogP contribution in [0, 0.1) is 20.8 Å². The van der Waals surface area contributed by atoms with Gasteiger partial charge < -0.3 is 10.3 Å². The summed E-state index contributed by atoms with van der Waals surface area (Å²) in [4.78, 5) is 27.3. The third-order valence-electron chi connectivity index (χ3n) is 4.07. The highest BCUT2D eigenvalue weighted by atomic mass is 16.2. The summed E-state index contributed by atoms with van der Waals surface area (Å²) < 4.78 is 1.55. The Bertz CT molecular complexity index is 956. The van der Waals surface area contributed by atoms with Gasteiger partial charge in [-0.3, -0.25) is 9.59 Å². The molecule has 0 unspecified atom stereocenters. The lowest BCUT2D eigenvalue weighted by Crippen LogP contribution is -2.14. The molecule has 0 saturated heterocycles. The van der Waals surface area contributed by atoms with Crippen LogP contribution >= 0.6 is 0 Å². The van der Waals surface area contributed by atoms with Gasteiger partial charge >= 0.3 is 0 Å². The number of tetrazole rings is 1. The van der Waals surface area contributed by atoms with E-state index in [2.05, 4.69) is 25.8 Å². The number of Topliss-reactive ketones (excluding diaryl/α,β-unsaturated/α-hetero) is 1. The number of benzene rings is 1. The van der Waals surface area contributed by atoms with Crippen LogP contribution in [0.3, 0.4) is 0 Å². The van der Waals surface area contributed by atoms with Crippen LogP contribution in [0.15, 0.2) is 24.5 Å². The smallest absolute Gasteiger partial charge is 0.272 e. The lowest BCUT2D eigenvalue weighted by atomic mass is 10.1. The number of aromatic nitrogens is 5. The molecule has 0 aliphatic rings. The topological polar surface area (TPSA) is 106 Å². The Balaban J connectivity index is 1.86. The highest BCUT2D eigenvalue weighted by Crippen LogP contribution is 2.21. The van der Waals surface area contributed by atoms with Gasteiger partial charge in [0.15, 0.2) is 5.78 Å². The summed E-state index contributed by atoms with van der Waals surface area (Å²) in [6.45, 7) is 6.95. The van der Waals surface area contributed by atoms with Crippen molar-refractivity contribution >= 4 is 17.4 Å². The van der Waals surface area contributed by atoms with Crippen molar-refractivity contribution in [2.45, 2.75) is 27.7 Å². The zero-order chi connectivity index (χ0) is 18.1. The van der Waals surface area contributed by atoms with Crippen molar-refractivity contribution in [2.75, 3.05) is 5.32 Å². The molecule has 2 aromatic heterocycles. The minimum atomic E-state index is -0.289. The molecule has 128 valence electrons. The van der Waals surface area contributed by atoms with E-state index >= 15 is 0 Å². The first-order valence-corrected chi connectivity index (χ1v) is 7.74. The quantitative estimate of drug-likeness (QED) is 0.711. The van der Waals surface area contributed by atoms with Crippen LogP contribution in [0.2, 0.25) is 0 Å². The van der Waals surface area contributed by atoms with Gasteiger partial charge in [-0.15, -0.1) is 5.10 Å². The van der Waals surface area contributed by atoms with E-state index in [0.717, 1.165) is 11.3 Å². The van der Waals surface area contributed by atoms with E-state index in [9.17, 15) is 9.59 Å². The van der Waals surface area contributed by atoms with Crippen molar-refractivity contribution in [3.63, 3.8) is 0 Å². The number of nitrogens with one attached hydrogen (secondary N) is 2. The van der Waals surface area contributed by atoms with Gasteiger partial charge in [-0.05, 0) is 67.4 Å². The summed E-state index contributed by atoms with van der Waals surface area (Å²) in [5.74, 6) is -0.352. The molecule has 0 aliphatic carbocycles. The predicted molar refractivity (Wildman–Crippen MR) is 92.1 cm³/mol. The molecule has 0 bridgehead atoms. The van der Waals surface area contributed by atoms with Crippen LogP contribution in [-0.4, -0.2) is 36.9 Å². The highest BCUT2D eigenvalue weighted by Gasteiger charge is 2.20. The first-order chi connectivity index (χ1) is 11.9. The standard InChI is InChI=1S/C17H18N6O2/c1-9-7-13(5-6-14(9)23-8-18-21-22-23)20-17(25)16-10(2)15(12(4)24)11(3)19-16/h5-8,19H,1-4H3,(H,20,25). The van der Waals surface area contributed by atoms with Crippen molar-refractivity contribution in [3.05, 3.63) is 52.6 Å². The second-order valence-corrected chi connectivity index (χ2v) is 5.89. The predicted octanol–water partition coefficient (Wildman–Crippen LogP) is 2.37. The van der Waals surface area contributed by atoms with E-state index in [4.69, 9.17) is 0 Å². The maximum Gasteiger partial charge on any atom is 0.272 e. The van der Waals surface area contributed by atoms with Gasteiger partial charge in [0, 0.05) is 16.9 Å². The van der Waals surface area contributed by atoms with Crippen molar-refractivity contribution in [3.8, 4) is 5.69 Å². The van der Waals surface area contributed by atoms with E-state index in [1.165, 1.54) is 13.3 Å². The zero-order valence-corrected chi connectivity index (χ0v) is 14.4. The molecule has 0 aliphatic heterocycles. The van der Waals surface area contributed by atoms with E-state index in [1.807, 2.05) is 19.1 Å². The number of amides is 1. The number of nitrogens with zero attached hydrogens (tertiary/aromatic N) is 4. The van der Waals surface area contributed by atoms with Gasteiger partial charge in [-0.2, -0.15) is 0 Å². The van der Waals surface area contributed by atoms with Gasteiger partial charge in [-0.25, -0.2) is 4.68 Å². The molecule has 2 heterocycles. The lowest BCUT2D eigenvalue weighted by molar-refractivity contribution is 0.101. The molecule has 1 aromatic carbocycles. The average Bonchev–Trinajstić information content (AvgIpc) is 3.15. The number of aryl methyl sites for hydroxylation is 2. The summed E-state index contributed by atoms with van der Waals surface area (Å²) in [7, 11) is 0. The molecule has 25 heavy (non-hydrogen) atoms. The highest BCUT2D eigenvalue weighted by molar-refractivity contribution is 6.07. The molecule has 3 rings (SSSR count). The van der Waals surface area contributed by atoms with Crippen LogP contribution < -0.4 is 5.32 Å². The largest absolute Gasteiger partial charge is 0.354 e. The maximum absolute atomic E-state index is 12.6. The van der Waals surface area contributed by atoms with Crippen LogP contribution in [0.5, 0.6) is 0 Å². The fraction of sp³-hybridized carbons (Fsp3) is 0.235. The fourth-order valence-corrected chi connectivity index (χ4v) is 2.96. The molecule has 0 fully saturated rings.